The van der Waals surface area contributed by atoms with Crippen LogP contribution >= 0.6 is 0 Å². The molecule has 0 bridgehead atoms. The number of ether oxygens (including phenoxy) is 1. The summed E-state index contributed by atoms with van der Waals surface area (Å²) in [7, 11) is 0. The van der Waals surface area contributed by atoms with E-state index in [9.17, 15) is 10.0 Å². The number of allylic oxidation sites excluding steroid dienone is 1. The van der Waals surface area contributed by atoms with Crippen LogP contribution in [0.2, 0.25) is 0 Å². The maximum atomic E-state index is 10.4. The molecule has 126 valence electrons. The van der Waals surface area contributed by atoms with Gasteiger partial charge in [-0.1, -0.05) is 24.8 Å². The third-order valence-corrected chi connectivity index (χ3v) is 3.80. The molecular weight excluding hydrogens is 296 g/mol. The van der Waals surface area contributed by atoms with Gasteiger partial charge in [0.15, 0.2) is 0 Å². The molecule has 0 aromatic carbocycles. The van der Waals surface area contributed by atoms with Gasteiger partial charge < -0.3 is 19.7 Å². The highest BCUT2D eigenvalue weighted by molar-refractivity contribution is 5.67. The van der Waals surface area contributed by atoms with Crippen LogP contribution < -0.4 is 5.32 Å². The Labute approximate surface area is 136 Å². The van der Waals surface area contributed by atoms with Crippen molar-refractivity contribution in [1.29, 1.82) is 0 Å². The monoisotopic (exact) mass is 320 g/mol. The van der Waals surface area contributed by atoms with Gasteiger partial charge in [-0.05, 0) is 19.4 Å². The molecule has 1 aliphatic heterocycles. The Morgan fingerprint density at radius 3 is 3.13 bits per heavy atom. The van der Waals surface area contributed by atoms with Crippen LogP contribution in [-0.4, -0.2) is 40.0 Å². The highest BCUT2D eigenvalue weighted by Gasteiger charge is 2.36. The predicted octanol–water partition coefficient (Wildman–Crippen LogP) is 2.30. The zero-order chi connectivity index (χ0) is 16.8. The first-order valence-electron chi connectivity index (χ1n) is 7.87. The summed E-state index contributed by atoms with van der Waals surface area (Å²) >= 11 is 0. The van der Waals surface area contributed by atoms with Crippen LogP contribution in [0.1, 0.15) is 44.3 Å². The van der Waals surface area contributed by atoms with Crippen molar-refractivity contribution in [1.82, 2.24) is 14.9 Å². The normalized spacial score (nSPS) is 24.2. The zero-order valence-electron chi connectivity index (χ0n) is 13.6. The number of aliphatic hydroxyl groups is 1. The summed E-state index contributed by atoms with van der Waals surface area (Å²) in [4.78, 5) is 14.9. The smallest absolute Gasteiger partial charge is 0.138 e. The Bertz CT molecular complexity index is 582. The first-order valence-corrected chi connectivity index (χ1v) is 7.87. The molecule has 1 saturated heterocycles. The molecule has 1 aliphatic rings. The molecule has 23 heavy (non-hydrogen) atoms. The fraction of sp³-hybridized carbons (Fsp3) is 0.562. The van der Waals surface area contributed by atoms with Gasteiger partial charge in [-0.2, -0.15) is 4.91 Å². The van der Waals surface area contributed by atoms with E-state index in [0.29, 0.717) is 6.42 Å². The van der Waals surface area contributed by atoms with Crippen LogP contribution in [0, 0.1) is 4.91 Å². The number of aliphatic hydroxyl groups excluding tert-OH is 1. The maximum absolute atomic E-state index is 10.4. The molecule has 3 atom stereocenters. The van der Waals surface area contributed by atoms with E-state index in [0.717, 1.165) is 30.1 Å². The van der Waals surface area contributed by atoms with Crippen LogP contribution in [0.5, 0.6) is 0 Å². The Hall–Kier alpha value is -1.99. The molecule has 0 saturated carbocycles. The number of hydrogen-bond acceptors (Lipinski definition) is 6. The van der Waals surface area contributed by atoms with Crippen molar-refractivity contribution in [3.63, 3.8) is 0 Å². The third kappa shape index (κ3) is 3.86. The van der Waals surface area contributed by atoms with E-state index in [1.807, 2.05) is 23.6 Å². The first-order chi connectivity index (χ1) is 11.1. The lowest BCUT2D eigenvalue weighted by molar-refractivity contribution is -0.0131. The van der Waals surface area contributed by atoms with Crippen molar-refractivity contribution in [2.24, 2.45) is 5.18 Å². The summed E-state index contributed by atoms with van der Waals surface area (Å²) < 4.78 is 7.62. The van der Waals surface area contributed by atoms with E-state index >= 15 is 0 Å². The molecule has 7 nitrogen and oxygen atoms in total. The summed E-state index contributed by atoms with van der Waals surface area (Å²) in [6.07, 6.45) is 5.28. The van der Waals surface area contributed by atoms with Crippen LogP contribution in [0.15, 0.2) is 24.2 Å². The van der Waals surface area contributed by atoms with Crippen LogP contribution in [0.25, 0.3) is 11.8 Å². The molecule has 1 aromatic rings. The van der Waals surface area contributed by atoms with Gasteiger partial charge in [-0.15, -0.1) is 0 Å². The van der Waals surface area contributed by atoms with Gasteiger partial charge in [0.1, 0.15) is 24.6 Å². The zero-order valence-corrected chi connectivity index (χ0v) is 13.6. The lowest BCUT2D eigenvalue weighted by Gasteiger charge is -2.16. The van der Waals surface area contributed by atoms with Gasteiger partial charge in [0.2, 0.25) is 0 Å². The minimum atomic E-state index is -0.705. The van der Waals surface area contributed by atoms with Crippen molar-refractivity contribution >= 4 is 11.8 Å². The number of nitroso groups, excluding NO2 is 1. The second kappa shape index (κ2) is 8.03. The third-order valence-electron chi connectivity index (χ3n) is 3.80. The Morgan fingerprint density at radius 2 is 2.48 bits per heavy atom. The van der Waals surface area contributed by atoms with Crippen molar-refractivity contribution < 1.29 is 9.84 Å². The van der Waals surface area contributed by atoms with Crippen LogP contribution in [0.4, 0.5) is 0 Å². The van der Waals surface area contributed by atoms with Gasteiger partial charge in [0.05, 0.1) is 23.8 Å². The summed E-state index contributed by atoms with van der Waals surface area (Å²) in [5.74, 6) is 0. The second-order valence-corrected chi connectivity index (χ2v) is 5.53. The number of nitrogens with zero attached hydrogens (tertiary/aromatic N) is 3. The fourth-order valence-electron chi connectivity index (χ4n) is 2.64. The predicted molar refractivity (Wildman–Crippen MR) is 89.5 cm³/mol. The molecular formula is C16H24N4O3. The quantitative estimate of drug-likeness (QED) is 0.718. The molecule has 0 spiro atoms. The second-order valence-electron chi connectivity index (χ2n) is 5.53. The van der Waals surface area contributed by atoms with E-state index in [-0.39, 0.29) is 12.8 Å². The molecule has 2 N–H and O–H groups in total. The van der Waals surface area contributed by atoms with Gasteiger partial charge >= 0.3 is 0 Å². The molecule has 0 amide bonds. The lowest BCUT2D eigenvalue weighted by atomic mass is 10.2. The summed E-state index contributed by atoms with van der Waals surface area (Å²) in [6.45, 7) is 8.82. The number of rotatable bonds is 8. The molecule has 7 heteroatoms. The topological polar surface area (TPSA) is 88.7 Å². The van der Waals surface area contributed by atoms with Crippen molar-refractivity contribution in [3.8, 4) is 0 Å². The van der Waals surface area contributed by atoms with Gasteiger partial charge in [-0.25, -0.2) is 4.98 Å². The minimum Gasteiger partial charge on any atom is -0.390 e. The molecule has 2 heterocycles. The van der Waals surface area contributed by atoms with E-state index in [1.54, 1.807) is 6.33 Å². The van der Waals surface area contributed by atoms with E-state index in [2.05, 4.69) is 29.0 Å². The highest BCUT2D eigenvalue weighted by atomic mass is 16.5. The first kappa shape index (κ1) is 17.4. The Balaban J connectivity index is 2.24. The summed E-state index contributed by atoms with van der Waals surface area (Å²) in [6, 6.07) is 0. The molecule has 2 rings (SSSR count). The average molecular weight is 320 g/mol. The van der Waals surface area contributed by atoms with Crippen molar-refractivity contribution in [2.45, 2.75) is 45.1 Å². The molecule has 0 aliphatic carbocycles. The Kier molecular flexibility index (Phi) is 6.06. The molecule has 1 aromatic heterocycles. The van der Waals surface area contributed by atoms with Gasteiger partial charge in [0.25, 0.3) is 0 Å². The van der Waals surface area contributed by atoms with Crippen LogP contribution in [-0.2, 0) is 4.74 Å². The molecule has 1 fully saturated rings. The SMILES string of the molecule is C=C(NCCC)c1ncn(C2C[C@H](O)C(CN=O)O2)c1/C=C\C. The fourth-order valence-corrected chi connectivity index (χ4v) is 2.64. The number of nitrogens with one attached hydrogen (secondary N) is 1. The van der Waals surface area contributed by atoms with E-state index in [1.165, 1.54) is 0 Å². The number of imidazole rings is 1. The Morgan fingerprint density at radius 1 is 1.70 bits per heavy atom. The maximum Gasteiger partial charge on any atom is 0.138 e. The average Bonchev–Trinajstić information content (AvgIpc) is 3.10. The standard InChI is InChI=1S/C16H24N4O3/c1-4-6-12-16(11(3)17-7-5-2)18-10-20(12)15-8-13(21)14(23-15)9-19-22/h4,6,10,13-15,17,21H,3,5,7-9H2,1-2H3/b6-4-/t13-,14?,15?/m0/s1. The number of aromatic nitrogens is 2. The molecule has 0 radical (unpaired) electrons. The largest absolute Gasteiger partial charge is 0.390 e. The van der Waals surface area contributed by atoms with E-state index < -0.39 is 12.2 Å². The number of hydrogen-bond donors (Lipinski definition) is 2. The van der Waals surface area contributed by atoms with Gasteiger partial charge in [-0.3, -0.25) is 0 Å². The highest BCUT2D eigenvalue weighted by Crippen LogP contribution is 2.32. The van der Waals surface area contributed by atoms with Crippen molar-refractivity contribution in [2.75, 3.05) is 13.1 Å². The lowest BCUT2D eigenvalue weighted by Crippen LogP contribution is -2.23. The van der Waals surface area contributed by atoms with Crippen molar-refractivity contribution in [3.05, 3.63) is 35.3 Å². The molecule has 2 unspecified atom stereocenters. The minimum absolute atomic E-state index is 0.0526. The summed E-state index contributed by atoms with van der Waals surface area (Å²) in [5.41, 5.74) is 2.37. The van der Waals surface area contributed by atoms with Crippen LogP contribution in [0.3, 0.4) is 0 Å². The van der Waals surface area contributed by atoms with Gasteiger partial charge in [0, 0.05) is 13.0 Å². The summed E-state index contributed by atoms with van der Waals surface area (Å²) in [5, 5.41) is 16.1. The van der Waals surface area contributed by atoms with E-state index in [4.69, 9.17) is 4.74 Å².